The predicted octanol–water partition coefficient (Wildman–Crippen LogP) is 5.07. The Labute approximate surface area is 194 Å². The van der Waals surface area contributed by atoms with Crippen LogP contribution < -0.4 is 4.74 Å². The molecule has 5 rings (SSSR count). The van der Waals surface area contributed by atoms with E-state index in [4.69, 9.17) is 9.47 Å². The quantitative estimate of drug-likeness (QED) is 0.501. The van der Waals surface area contributed by atoms with Gasteiger partial charge in [-0.05, 0) is 41.8 Å². The lowest BCUT2D eigenvalue weighted by atomic mass is 9.84. The van der Waals surface area contributed by atoms with Gasteiger partial charge in [-0.2, -0.15) is 0 Å². The van der Waals surface area contributed by atoms with Gasteiger partial charge < -0.3 is 14.4 Å². The molecule has 0 unspecified atom stereocenters. The van der Waals surface area contributed by atoms with E-state index in [1.807, 2.05) is 48.7 Å². The zero-order valence-electron chi connectivity index (χ0n) is 18.9. The Morgan fingerprint density at radius 3 is 2.70 bits per heavy atom. The van der Waals surface area contributed by atoms with E-state index in [9.17, 15) is 4.79 Å². The molecule has 2 aliphatic rings. The van der Waals surface area contributed by atoms with Crippen molar-refractivity contribution in [2.75, 3.05) is 26.7 Å². The molecule has 168 valence electrons. The summed E-state index contributed by atoms with van der Waals surface area (Å²) < 4.78 is 11.3. The number of esters is 1. The van der Waals surface area contributed by atoms with Crippen LogP contribution in [-0.2, 0) is 10.3 Å². The molecule has 2 aromatic carbocycles. The van der Waals surface area contributed by atoms with Crippen molar-refractivity contribution in [1.82, 2.24) is 9.88 Å². The number of likely N-dealkylation sites (tertiary alicyclic amines) is 1. The number of rotatable bonds is 6. The van der Waals surface area contributed by atoms with E-state index in [-0.39, 0.29) is 5.97 Å². The molecular weight excluding hydrogens is 412 g/mol. The third-order valence-electron chi connectivity index (χ3n) is 6.74. The zero-order chi connectivity index (χ0) is 22.7. The van der Waals surface area contributed by atoms with E-state index in [1.54, 1.807) is 13.3 Å². The number of methoxy groups -OCH3 is 1. The predicted molar refractivity (Wildman–Crippen MR) is 128 cm³/mol. The van der Waals surface area contributed by atoms with Crippen molar-refractivity contribution in [1.29, 1.82) is 0 Å². The lowest BCUT2D eigenvalue weighted by molar-refractivity contribution is -0.0426. The van der Waals surface area contributed by atoms with E-state index in [2.05, 4.69) is 34.2 Å². The number of aromatic nitrogens is 1. The van der Waals surface area contributed by atoms with E-state index in [0.717, 1.165) is 72.5 Å². The summed E-state index contributed by atoms with van der Waals surface area (Å²) in [5.74, 6) is 0.663. The Morgan fingerprint density at radius 2 is 1.91 bits per heavy atom. The smallest absolute Gasteiger partial charge is 0.339 e. The average molecular weight is 441 g/mol. The minimum atomic E-state index is -0.443. The summed E-state index contributed by atoms with van der Waals surface area (Å²) in [7, 11) is 1.69. The normalized spacial score (nSPS) is 17.6. The van der Waals surface area contributed by atoms with Crippen molar-refractivity contribution >= 4 is 11.5 Å². The fraction of sp³-hybridized carbons (Fsp3) is 0.286. The number of ether oxygens (including phenoxy) is 2. The highest BCUT2D eigenvalue weighted by Gasteiger charge is 2.46. The first-order valence-electron chi connectivity index (χ1n) is 11.5. The van der Waals surface area contributed by atoms with Crippen LogP contribution in [-0.4, -0.2) is 42.6 Å². The molecular formula is C28H28N2O3. The number of hydrogen-bond donors (Lipinski definition) is 0. The lowest BCUT2D eigenvalue weighted by Gasteiger charge is -2.38. The van der Waals surface area contributed by atoms with Gasteiger partial charge >= 0.3 is 5.97 Å². The van der Waals surface area contributed by atoms with Crippen LogP contribution in [0.4, 0.5) is 0 Å². The largest absolute Gasteiger partial charge is 0.497 e. The Balaban J connectivity index is 1.28. The standard InChI is InChI=1S/C28H28N2O3/c1-32-23-9-4-7-21(19-23)24(22-8-5-15-29-20-22)11-6-16-30-17-13-28(14-18-30)26-12-3-2-10-25(26)27(31)33-28/h2-5,7-12,15,19-20H,6,13-14,16-18H2,1H3/b24-11-. The number of carbonyl (C=O) groups excluding carboxylic acids is 1. The van der Waals surface area contributed by atoms with E-state index in [1.165, 1.54) is 0 Å². The molecule has 1 spiro atoms. The molecule has 0 radical (unpaired) electrons. The van der Waals surface area contributed by atoms with Crippen molar-refractivity contribution in [2.45, 2.75) is 24.9 Å². The molecule has 0 aliphatic carbocycles. The summed E-state index contributed by atoms with van der Waals surface area (Å²) in [6.07, 6.45) is 8.59. The molecule has 5 heteroatoms. The number of carbonyl (C=O) groups is 1. The van der Waals surface area contributed by atoms with Crippen LogP contribution in [0, 0.1) is 0 Å². The fourth-order valence-corrected chi connectivity index (χ4v) is 4.96. The number of nitrogens with zero attached hydrogens (tertiary/aromatic N) is 2. The molecule has 0 bridgehead atoms. The van der Waals surface area contributed by atoms with Gasteiger partial charge in [0.25, 0.3) is 0 Å². The monoisotopic (exact) mass is 440 g/mol. The summed E-state index contributed by atoms with van der Waals surface area (Å²) in [5.41, 5.74) is 4.72. The Bertz CT molecular complexity index is 1160. The highest BCUT2D eigenvalue weighted by molar-refractivity contribution is 5.94. The lowest BCUT2D eigenvalue weighted by Crippen LogP contribution is -2.43. The maximum Gasteiger partial charge on any atom is 0.339 e. The third kappa shape index (κ3) is 4.29. The SMILES string of the molecule is COc1cccc(/C(=C/CCN2CCC3(CC2)OC(=O)c2ccccc23)c2cccnc2)c1. The molecule has 33 heavy (non-hydrogen) atoms. The van der Waals surface area contributed by atoms with Crippen molar-refractivity contribution in [3.63, 3.8) is 0 Å². The topological polar surface area (TPSA) is 51.7 Å². The van der Waals surface area contributed by atoms with Crippen LogP contribution >= 0.6 is 0 Å². The van der Waals surface area contributed by atoms with Crippen molar-refractivity contribution in [2.24, 2.45) is 0 Å². The van der Waals surface area contributed by atoms with Crippen LogP contribution in [0.3, 0.4) is 0 Å². The number of fused-ring (bicyclic) bond motifs is 2. The Hall–Kier alpha value is -3.44. The van der Waals surface area contributed by atoms with Crippen LogP contribution in [0.1, 0.15) is 46.3 Å². The highest BCUT2D eigenvalue weighted by Crippen LogP contribution is 2.44. The minimum absolute atomic E-state index is 0.179. The maximum atomic E-state index is 12.3. The molecule has 0 saturated carbocycles. The van der Waals surface area contributed by atoms with E-state index < -0.39 is 5.60 Å². The van der Waals surface area contributed by atoms with Gasteiger partial charge in [-0.1, -0.05) is 42.5 Å². The summed E-state index contributed by atoms with van der Waals surface area (Å²) in [6, 6.07) is 20.0. The molecule has 3 aromatic rings. The minimum Gasteiger partial charge on any atom is -0.497 e. The molecule has 2 aliphatic heterocycles. The second-order valence-corrected chi connectivity index (χ2v) is 8.65. The molecule has 5 nitrogen and oxygen atoms in total. The Morgan fingerprint density at radius 1 is 1.09 bits per heavy atom. The number of hydrogen-bond acceptors (Lipinski definition) is 5. The van der Waals surface area contributed by atoms with Gasteiger partial charge in [-0.25, -0.2) is 4.79 Å². The molecule has 3 heterocycles. The second kappa shape index (κ2) is 9.20. The summed E-state index contributed by atoms with van der Waals surface area (Å²) in [6.45, 7) is 2.78. The summed E-state index contributed by atoms with van der Waals surface area (Å²) in [5, 5.41) is 0. The maximum absolute atomic E-state index is 12.3. The van der Waals surface area contributed by atoms with Crippen LogP contribution in [0.5, 0.6) is 5.75 Å². The number of benzene rings is 2. The second-order valence-electron chi connectivity index (χ2n) is 8.65. The summed E-state index contributed by atoms with van der Waals surface area (Å²) >= 11 is 0. The fourth-order valence-electron chi connectivity index (χ4n) is 4.96. The highest BCUT2D eigenvalue weighted by atomic mass is 16.6. The van der Waals surface area contributed by atoms with Crippen LogP contribution in [0.2, 0.25) is 0 Å². The molecule has 0 atom stereocenters. The molecule has 1 aromatic heterocycles. The van der Waals surface area contributed by atoms with Gasteiger partial charge in [0.1, 0.15) is 11.4 Å². The Kier molecular flexibility index (Phi) is 5.97. The van der Waals surface area contributed by atoms with Crippen LogP contribution in [0.15, 0.2) is 79.1 Å². The van der Waals surface area contributed by atoms with Gasteiger partial charge in [-0.15, -0.1) is 0 Å². The van der Waals surface area contributed by atoms with Crippen molar-refractivity contribution < 1.29 is 14.3 Å². The number of piperidine rings is 1. The zero-order valence-corrected chi connectivity index (χ0v) is 18.9. The van der Waals surface area contributed by atoms with E-state index in [0.29, 0.717) is 0 Å². The van der Waals surface area contributed by atoms with Crippen LogP contribution in [0.25, 0.3) is 5.57 Å². The van der Waals surface area contributed by atoms with Gasteiger partial charge in [-0.3, -0.25) is 4.98 Å². The van der Waals surface area contributed by atoms with Gasteiger partial charge in [0, 0.05) is 56.0 Å². The first kappa shape index (κ1) is 21.4. The first-order valence-corrected chi connectivity index (χ1v) is 11.5. The summed E-state index contributed by atoms with van der Waals surface area (Å²) in [4.78, 5) is 19.1. The first-order chi connectivity index (χ1) is 16.2. The van der Waals surface area contributed by atoms with Gasteiger partial charge in [0.2, 0.25) is 0 Å². The van der Waals surface area contributed by atoms with Gasteiger partial charge in [0.05, 0.1) is 12.7 Å². The van der Waals surface area contributed by atoms with Crippen molar-refractivity contribution in [3.8, 4) is 5.75 Å². The molecule has 1 fully saturated rings. The number of pyridine rings is 1. The van der Waals surface area contributed by atoms with Crippen molar-refractivity contribution in [3.05, 3.63) is 101 Å². The molecule has 0 amide bonds. The molecule has 1 saturated heterocycles. The molecule has 0 N–H and O–H groups in total. The van der Waals surface area contributed by atoms with E-state index >= 15 is 0 Å². The average Bonchev–Trinajstić information content (AvgIpc) is 3.15. The third-order valence-corrected chi connectivity index (χ3v) is 6.74. The van der Waals surface area contributed by atoms with Gasteiger partial charge in [0.15, 0.2) is 0 Å².